The van der Waals surface area contributed by atoms with Crippen molar-refractivity contribution in [1.82, 2.24) is 4.98 Å². The summed E-state index contributed by atoms with van der Waals surface area (Å²) in [5.41, 5.74) is 2.43. The number of hydrogen-bond donors (Lipinski definition) is 0. The van der Waals surface area contributed by atoms with Crippen molar-refractivity contribution in [2.75, 3.05) is 18.0 Å². The number of hydrogen-bond acceptors (Lipinski definition) is 2. The van der Waals surface area contributed by atoms with Gasteiger partial charge in [-0.3, -0.25) is 0 Å². The smallest absolute Gasteiger partial charge is 0.132 e. The van der Waals surface area contributed by atoms with Gasteiger partial charge in [-0.15, -0.1) is 0 Å². The molecule has 0 N–H and O–H groups in total. The molecule has 0 atom stereocenters. The fourth-order valence-corrected chi connectivity index (χ4v) is 2.21. The molecule has 0 saturated carbocycles. The molecule has 2 nitrogen and oxygen atoms in total. The molecule has 0 fully saturated rings. The Morgan fingerprint density at radius 1 is 1.06 bits per heavy atom. The molecule has 2 heteroatoms. The maximum atomic E-state index is 4.81. The minimum absolute atomic E-state index is 1.01. The van der Waals surface area contributed by atoms with Gasteiger partial charge in [0, 0.05) is 18.5 Å². The molecule has 0 amide bonds. The Hall–Kier alpha value is -1.57. The van der Waals surface area contributed by atoms with Crippen LogP contribution in [0.4, 0.5) is 5.82 Å². The van der Waals surface area contributed by atoms with Crippen LogP contribution in [0.1, 0.15) is 26.3 Å². The minimum atomic E-state index is 1.01. The summed E-state index contributed by atoms with van der Waals surface area (Å²) >= 11 is 0. The molecule has 1 aromatic carbocycles. The molecule has 2 aromatic rings. The third-order valence-electron chi connectivity index (χ3n) is 3.22. The van der Waals surface area contributed by atoms with Crippen molar-refractivity contribution < 1.29 is 0 Å². The van der Waals surface area contributed by atoms with E-state index in [4.69, 9.17) is 4.98 Å². The maximum absolute atomic E-state index is 4.81. The molecule has 0 aliphatic heterocycles. The first-order valence-electron chi connectivity index (χ1n) is 6.43. The van der Waals surface area contributed by atoms with Gasteiger partial charge in [-0.2, -0.15) is 0 Å². The highest BCUT2D eigenvalue weighted by Gasteiger charge is 2.10. The van der Waals surface area contributed by atoms with Crippen molar-refractivity contribution >= 4 is 16.7 Å². The Bertz CT molecular complexity index is 501. The summed E-state index contributed by atoms with van der Waals surface area (Å²) in [6.45, 7) is 8.57. The summed E-state index contributed by atoms with van der Waals surface area (Å²) in [6.07, 6.45) is 1.03. The Morgan fingerprint density at radius 3 is 2.41 bits per heavy atom. The number of aromatic nitrogens is 1. The molecule has 0 saturated heterocycles. The van der Waals surface area contributed by atoms with E-state index in [1.54, 1.807) is 0 Å². The van der Waals surface area contributed by atoms with Gasteiger partial charge in [-0.1, -0.05) is 25.1 Å². The van der Waals surface area contributed by atoms with E-state index >= 15 is 0 Å². The Morgan fingerprint density at radius 2 is 1.76 bits per heavy atom. The number of fused-ring (bicyclic) bond motifs is 1. The van der Waals surface area contributed by atoms with Crippen LogP contribution in [0.3, 0.4) is 0 Å². The molecule has 0 aliphatic carbocycles. The van der Waals surface area contributed by atoms with Gasteiger partial charge in [-0.05, 0) is 38.0 Å². The van der Waals surface area contributed by atoms with Gasteiger partial charge in [0.15, 0.2) is 0 Å². The number of pyridine rings is 1. The third-order valence-corrected chi connectivity index (χ3v) is 3.22. The predicted molar refractivity (Wildman–Crippen MR) is 74.7 cm³/mol. The largest absolute Gasteiger partial charge is 0.357 e. The Kier molecular flexibility index (Phi) is 3.62. The molecule has 0 aliphatic rings. The zero-order valence-electron chi connectivity index (χ0n) is 10.9. The SMILES string of the molecule is CCc1cc2ccccc2nc1N(CC)CC. The van der Waals surface area contributed by atoms with Crippen LogP contribution in [0.2, 0.25) is 0 Å². The first kappa shape index (κ1) is 11.9. The summed E-state index contributed by atoms with van der Waals surface area (Å²) in [5, 5.41) is 1.24. The number of nitrogens with zero attached hydrogens (tertiary/aromatic N) is 2. The van der Waals surface area contributed by atoms with E-state index in [2.05, 4.69) is 49.9 Å². The highest BCUT2D eigenvalue weighted by Crippen LogP contribution is 2.23. The van der Waals surface area contributed by atoms with Crippen molar-refractivity contribution in [3.63, 3.8) is 0 Å². The predicted octanol–water partition coefficient (Wildman–Crippen LogP) is 3.64. The maximum Gasteiger partial charge on any atom is 0.132 e. The van der Waals surface area contributed by atoms with E-state index in [1.807, 2.05) is 6.07 Å². The van der Waals surface area contributed by atoms with Gasteiger partial charge in [0.2, 0.25) is 0 Å². The molecule has 0 bridgehead atoms. The summed E-state index contributed by atoms with van der Waals surface area (Å²) in [5.74, 6) is 1.15. The number of aryl methyl sites for hydroxylation is 1. The molecule has 17 heavy (non-hydrogen) atoms. The Balaban J connectivity index is 2.60. The second-order valence-corrected chi connectivity index (χ2v) is 4.19. The molecule has 0 radical (unpaired) electrons. The van der Waals surface area contributed by atoms with Crippen LogP contribution in [-0.2, 0) is 6.42 Å². The van der Waals surface area contributed by atoms with Gasteiger partial charge >= 0.3 is 0 Å². The van der Waals surface area contributed by atoms with Crippen LogP contribution in [0, 0.1) is 0 Å². The van der Waals surface area contributed by atoms with Gasteiger partial charge < -0.3 is 4.90 Å². The fourth-order valence-electron chi connectivity index (χ4n) is 2.21. The minimum Gasteiger partial charge on any atom is -0.357 e. The lowest BCUT2D eigenvalue weighted by molar-refractivity contribution is 0.838. The highest BCUT2D eigenvalue weighted by atomic mass is 15.2. The molecule has 1 aromatic heterocycles. The monoisotopic (exact) mass is 228 g/mol. The number of rotatable bonds is 4. The number of anilines is 1. The molecule has 1 heterocycles. The molecular formula is C15H20N2. The van der Waals surface area contributed by atoms with Crippen molar-refractivity contribution in [3.8, 4) is 0 Å². The summed E-state index contributed by atoms with van der Waals surface area (Å²) in [6, 6.07) is 10.6. The topological polar surface area (TPSA) is 16.1 Å². The second-order valence-electron chi connectivity index (χ2n) is 4.19. The van der Waals surface area contributed by atoms with Crippen molar-refractivity contribution in [1.29, 1.82) is 0 Å². The summed E-state index contributed by atoms with van der Waals surface area (Å²) in [4.78, 5) is 7.14. The normalized spacial score (nSPS) is 10.8. The van der Waals surface area contributed by atoms with E-state index in [-0.39, 0.29) is 0 Å². The van der Waals surface area contributed by atoms with E-state index < -0.39 is 0 Å². The third kappa shape index (κ3) is 2.26. The van der Waals surface area contributed by atoms with E-state index in [9.17, 15) is 0 Å². The lowest BCUT2D eigenvalue weighted by Crippen LogP contribution is -2.24. The highest BCUT2D eigenvalue weighted by molar-refractivity contribution is 5.81. The van der Waals surface area contributed by atoms with Crippen LogP contribution in [-0.4, -0.2) is 18.1 Å². The average molecular weight is 228 g/mol. The fraction of sp³-hybridized carbons (Fsp3) is 0.400. The van der Waals surface area contributed by atoms with Crippen LogP contribution in [0.15, 0.2) is 30.3 Å². The quantitative estimate of drug-likeness (QED) is 0.794. The van der Waals surface area contributed by atoms with E-state index in [0.29, 0.717) is 0 Å². The van der Waals surface area contributed by atoms with Crippen LogP contribution >= 0.6 is 0 Å². The van der Waals surface area contributed by atoms with E-state index in [0.717, 1.165) is 30.8 Å². The second kappa shape index (κ2) is 5.17. The van der Waals surface area contributed by atoms with Crippen molar-refractivity contribution in [3.05, 3.63) is 35.9 Å². The van der Waals surface area contributed by atoms with Crippen molar-refractivity contribution in [2.45, 2.75) is 27.2 Å². The Labute approximate surface area is 103 Å². The van der Waals surface area contributed by atoms with Gasteiger partial charge in [0.1, 0.15) is 5.82 Å². The van der Waals surface area contributed by atoms with Crippen LogP contribution in [0.25, 0.3) is 10.9 Å². The lowest BCUT2D eigenvalue weighted by atomic mass is 10.1. The van der Waals surface area contributed by atoms with Gasteiger partial charge in [0.05, 0.1) is 5.52 Å². The lowest BCUT2D eigenvalue weighted by Gasteiger charge is -2.23. The number of benzene rings is 1. The molecular weight excluding hydrogens is 208 g/mol. The number of para-hydroxylation sites is 1. The van der Waals surface area contributed by atoms with Crippen molar-refractivity contribution in [2.24, 2.45) is 0 Å². The van der Waals surface area contributed by atoms with Crippen LogP contribution < -0.4 is 4.90 Å². The molecule has 90 valence electrons. The molecule has 0 spiro atoms. The zero-order chi connectivity index (χ0) is 12.3. The first-order valence-corrected chi connectivity index (χ1v) is 6.43. The summed E-state index contributed by atoms with van der Waals surface area (Å²) in [7, 11) is 0. The molecule has 2 rings (SSSR count). The van der Waals surface area contributed by atoms with Crippen LogP contribution in [0.5, 0.6) is 0 Å². The van der Waals surface area contributed by atoms with E-state index in [1.165, 1.54) is 10.9 Å². The average Bonchev–Trinajstić information content (AvgIpc) is 2.39. The molecule has 0 unspecified atom stereocenters. The standard InChI is InChI=1S/C15H20N2/c1-4-12-11-13-9-7-8-10-14(13)16-15(12)17(5-2)6-3/h7-11H,4-6H2,1-3H3. The van der Waals surface area contributed by atoms with Gasteiger partial charge in [0.25, 0.3) is 0 Å². The first-order chi connectivity index (χ1) is 8.30. The summed E-state index contributed by atoms with van der Waals surface area (Å²) < 4.78 is 0. The van der Waals surface area contributed by atoms with Gasteiger partial charge in [-0.25, -0.2) is 4.98 Å². The zero-order valence-corrected chi connectivity index (χ0v) is 10.9.